The van der Waals surface area contributed by atoms with Crippen LogP contribution in [0.1, 0.15) is 19.4 Å². The van der Waals surface area contributed by atoms with E-state index in [1.54, 1.807) is 26.0 Å². The normalized spacial score (nSPS) is 11.0. The summed E-state index contributed by atoms with van der Waals surface area (Å²) < 4.78 is 13.2. The minimum absolute atomic E-state index is 0.405. The Labute approximate surface area is 87.9 Å². The molecule has 0 fully saturated rings. The molecule has 0 saturated carbocycles. The highest BCUT2D eigenvalue weighted by Crippen LogP contribution is 2.24. The van der Waals surface area contributed by atoms with Gasteiger partial charge in [0.25, 0.3) is 0 Å². The van der Waals surface area contributed by atoms with Crippen LogP contribution in [0.5, 0.6) is 0 Å². The van der Waals surface area contributed by atoms with Crippen LogP contribution in [0, 0.1) is 11.3 Å². The van der Waals surface area contributed by atoms with Gasteiger partial charge in [0.15, 0.2) is 0 Å². The van der Waals surface area contributed by atoms with Crippen LogP contribution in [-0.4, -0.2) is 11.4 Å². The van der Waals surface area contributed by atoms with Crippen LogP contribution in [0.2, 0.25) is 0 Å². The van der Waals surface area contributed by atoms with Gasteiger partial charge in [-0.3, -0.25) is 0 Å². The lowest BCUT2D eigenvalue weighted by Crippen LogP contribution is -2.14. The molecule has 1 aromatic rings. The lowest BCUT2D eigenvalue weighted by molar-refractivity contribution is 0.253. The van der Waals surface area contributed by atoms with E-state index in [0.29, 0.717) is 11.3 Å². The summed E-state index contributed by atoms with van der Waals surface area (Å²) in [7, 11) is 0. The molecule has 0 amide bonds. The number of alkyl halides is 1. The third-order valence-corrected chi connectivity index (χ3v) is 2.96. The minimum Gasteiger partial charge on any atom is -0.244 e. The largest absolute Gasteiger partial charge is 0.244 e. The maximum Gasteiger partial charge on any atom is 0.114 e. The molecule has 1 aromatic carbocycles. The summed E-state index contributed by atoms with van der Waals surface area (Å²) in [6, 6.07) is 9.27. The first kappa shape index (κ1) is 11.1. The highest BCUT2D eigenvalue weighted by molar-refractivity contribution is 7.99. The number of rotatable bonds is 3. The molecular weight excluding hydrogens is 197 g/mol. The molecule has 0 aliphatic rings. The van der Waals surface area contributed by atoms with Gasteiger partial charge in [0.1, 0.15) is 5.67 Å². The van der Waals surface area contributed by atoms with Gasteiger partial charge in [0, 0.05) is 10.6 Å². The van der Waals surface area contributed by atoms with E-state index in [4.69, 9.17) is 5.26 Å². The van der Waals surface area contributed by atoms with Gasteiger partial charge in [0.05, 0.1) is 11.6 Å². The zero-order chi connectivity index (χ0) is 10.6. The monoisotopic (exact) mass is 209 g/mol. The number of hydrogen-bond acceptors (Lipinski definition) is 2. The third-order valence-electron chi connectivity index (χ3n) is 1.55. The number of thioether (sulfide) groups is 1. The average molecular weight is 209 g/mol. The van der Waals surface area contributed by atoms with Gasteiger partial charge >= 0.3 is 0 Å². The number of benzene rings is 1. The molecule has 0 unspecified atom stereocenters. The summed E-state index contributed by atoms with van der Waals surface area (Å²) in [6.45, 7) is 3.10. The summed E-state index contributed by atoms with van der Waals surface area (Å²) in [5, 5.41) is 8.66. The fourth-order valence-electron chi connectivity index (χ4n) is 0.910. The van der Waals surface area contributed by atoms with Gasteiger partial charge in [-0.1, -0.05) is 6.07 Å². The standard InChI is InChI=1S/C11H12FNS/c1-11(2,12)8-14-10-5-3-4-9(6-10)7-13/h3-6H,8H2,1-2H3. The van der Waals surface area contributed by atoms with Crippen molar-refractivity contribution in [3.63, 3.8) is 0 Å². The molecule has 0 radical (unpaired) electrons. The quantitative estimate of drug-likeness (QED) is 0.712. The highest BCUT2D eigenvalue weighted by Gasteiger charge is 2.15. The second kappa shape index (κ2) is 4.47. The van der Waals surface area contributed by atoms with Crippen LogP contribution in [0.25, 0.3) is 0 Å². The van der Waals surface area contributed by atoms with Gasteiger partial charge in [-0.15, -0.1) is 11.8 Å². The summed E-state index contributed by atoms with van der Waals surface area (Å²) in [5.74, 6) is 0.405. The summed E-state index contributed by atoms with van der Waals surface area (Å²) in [5.41, 5.74) is -0.556. The Balaban J connectivity index is 2.65. The van der Waals surface area contributed by atoms with Crippen LogP contribution in [0.15, 0.2) is 29.2 Å². The first-order chi connectivity index (χ1) is 6.51. The SMILES string of the molecule is CC(C)(F)CSc1cccc(C#N)c1. The Hall–Kier alpha value is -1.01. The van der Waals surface area contributed by atoms with Gasteiger partial charge in [-0.25, -0.2) is 4.39 Å². The maximum absolute atomic E-state index is 13.2. The van der Waals surface area contributed by atoms with Gasteiger partial charge < -0.3 is 0 Å². The van der Waals surface area contributed by atoms with Crippen LogP contribution < -0.4 is 0 Å². The van der Waals surface area contributed by atoms with Crippen LogP contribution in [0.3, 0.4) is 0 Å². The molecule has 14 heavy (non-hydrogen) atoms. The molecule has 0 heterocycles. The van der Waals surface area contributed by atoms with E-state index in [-0.39, 0.29) is 0 Å². The van der Waals surface area contributed by atoms with E-state index in [0.717, 1.165) is 4.90 Å². The third kappa shape index (κ3) is 3.80. The van der Waals surface area contributed by atoms with E-state index in [2.05, 4.69) is 6.07 Å². The first-order valence-electron chi connectivity index (χ1n) is 4.33. The Morgan fingerprint density at radius 2 is 2.21 bits per heavy atom. The van der Waals surface area contributed by atoms with Crippen molar-refractivity contribution in [2.45, 2.75) is 24.4 Å². The Kier molecular flexibility index (Phi) is 3.54. The second-order valence-corrected chi connectivity index (χ2v) is 4.70. The first-order valence-corrected chi connectivity index (χ1v) is 5.32. The lowest BCUT2D eigenvalue weighted by Gasteiger charge is -2.12. The zero-order valence-corrected chi connectivity index (χ0v) is 9.07. The molecule has 0 atom stereocenters. The van der Waals surface area contributed by atoms with E-state index >= 15 is 0 Å². The van der Waals surface area contributed by atoms with Crippen molar-refractivity contribution in [3.8, 4) is 6.07 Å². The van der Waals surface area contributed by atoms with Crippen molar-refractivity contribution in [2.75, 3.05) is 5.75 Å². The second-order valence-electron chi connectivity index (χ2n) is 3.65. The average Bonchev–Trinajstić information content (AvgIpc) is 2.14. The number of halogens is 1. The van der Waals surface area contributed by atoms with Crippen LogP contribution in [-0.2, 0) is 0 Å². The van der Waals surface area contributed by atoms with Crippen molar-refractivity contribution in [1.29, 1.82) is 5.26 Å². The maximum atomic E-state index is 13.2. The fraction of sp³-hybridized carbons (Fsp3) is 0.364. The summed E-state index contributed by atoms with van der Waals surface area (Å²) in [4.78, 5) is 0.940. The van der Waals surface area contributed by atoms with Crippen LogP contribution in [0.4, 0.5) is 4.39 Å². The fourth-order valence-corrected chi connectivity index (χ4v) is 1.81. The van der Waals surface area contributed by atoms with Gasteiger partial charge in [-0.05, 0) is 32.0 Å². The topological polar surface area (TPSA) is 23.8 Å². The zero-order valence-electron chi connectivity index (χ0n) is 8.25. The van der Waals surface area contributed by atoms with Crippen molar-refractivity contribution in [1.82, 2.24) is 0 Å². The Morgan fingerprint density at radius 3 is 2.79 bits per heavy atom. The molecule has 1 rings (SSSR count). The van der Waals surface area contributed by atoms with Crippen molar-refractivity contribution in [3.05, 3.63) is 29.8 Å². The Bertz CT molecular complexity index is 349. The molecule has 0 N–H and O–H groups in total. The highest BCUT2D eigenvalue weighted by atomic mass is 32.2. The van der Waals surface area contributed by atoms with E-state index in [1.807, 2.05) is 12.1 Å². The Morgan fingerprint density at radius 1 is 1.50 bits per heavy atom. The predicted octanol–water partition coefficient (Wildman–Crippen LogP) is 3.40. The summed E-state index contributed by atoms with van der Waals surface area (Å²) >= 11 is 1.43. The molecule has 0 aliphatic heterocycles. The molecular formula is C11H12FNS. The molecule has 0 aliphatic carbocycles. The lowest BCUT2D eigenvalue weighted by atomic mass is 10.2. The van der Waals surface area contributed by atoms with Crippen molar-refractivity contribution >= 4 is 11.8 Å². The minimum atomic E-state index is -1.17. The molecule has 0 spiro atoms. The smallest absolute Gasteiger partial charge is 0.114 e. The molecule has 0 aromatic heterocycles. The number of nitrogens with zero attached hydrogens (tertiary/aromatic N) is 1. The molecule has 3 heteroatoms. The van der Waals surface area contributed by atoms with Gasteiger partial charge in [0.2, 0.25) is 0 Å². The predicted molar refractivity (Wildman–Crippen MR) is 57.1 cm³/mol. The van der Waals surface area contributed by atoms with Crippen LogP contribution >= 0.6 is 11.8 Å². The van der Waals surface area contributed by atoms with Crippen molar-refractivity contribution in [2.24, 2.45) is 0 Å². The van der Waals surface area contributed by atoms with Crippen molar-refractivity contribution < 1.29 is 4.39 Å². The number of hydrogen-bond donors (Lipinski definition) is 0. The van der Waals surface area contributed by atoms with E-state index < -0.39 is 5.67 Å². The summed E-state index contributed by atoms with van der Waals surface area (Å²) in [6.07, 6.45) is 0. The molecule has 1 nitrogen and oxygen atoms in total. The van der Waals surface area contributed by atoms with E-state index in [9.17, 15) is 4.39 Å². The van der Waals surface area contributed by atoms with Gasteiger partial charge in [-0.2, -0.15) is 5.26 Å². The van der Waals surface area contributed by atoms with E-state index in [1.165, 1.54) is 11.8 Å². The molecule has 0 saturated heterocycles. The molecule has 0 bridgehead atoms. The molecule has 74 valence electrons. The number of nitriles is 1.